The summed E-state index contributed by atoms with van der Waals surface area (Å²) < 4.78 is 0. The molecule has 1 heterocycles. The molecule has 0 spiro atoms. The first-order chi connectivity index (χ1) is 4.79. The van der Waals surface area contributed by atoms with E-state index in [1.807, 2.05) is 24.4 Å². The Morgan fingerprint density at radius 1 is 1.60 bits per heavy atom. The van der Waals surface area contributed by atoms with E-state index in [2.05, 4.69) is 5.32 Å². The number of nitrogens with one attached hydrogen (secondary N) is 2. The minimum Gasteiger partial charge on any atom is -0.362 e. The number of allylic oxidation sites excluding steroid dienone is 4. The molecule has 2 heteroatoms. The molecule has 0 aliphatic carbocycles. The fourth-order valence-corrected chi connectivity index (χ4v) is 0.730. The molecule has 0 saturated heterocycles. The molecule has 10 heavy (non-hydrogen) atoms. The van der Waals surface area contributed by atoms with Crippen LogP contribution in [-0.4, -0.2) is 5.71 Å². The second-order valence-electron chi connectivity index (χ2n) is 2.15. The predicted molar refractivity (Wildman–Crippen MR) is 42.9 cm³/mol. The average Bonchev–Trinajstić information content (AvgIpc) is 1.88. The van der Waals surface area contributed by atoms with Gasteiger partial charge in [-0.3, -0.25) is 0 Å². The molecule has 0 radical (unpaired) electrons. The van der Waals surface area contributed by atoms with E-state index in [1.54, 1.807) is 13.0 Å². The molecule has 0 amide bonds. The van der Waals surface area contributed by atoms with Gasteiger partial charge in [0.25, 0.3) is 0 Å². The van der Waals surface area contributed by atoms with Crippen LogP contribution in [0, 0.1) is 5.41 Å². The molecule has 1 rings (SSSR count). The lowest BCUT2D eigenvalue weighted by atomic mass is 10.2. The molecule has 2 nitrogen and oxygen atoms in total. The van der Waals surface area contributed by atoms with Gasteiger partial charge in [-0.1, -0.05) is 6.08 Å². The minimum absolute atomic E-state index is 0.558. The topological polar surface area (TPSA) is 35.9 Å². The maximum absolute atomic E-state index is 7.16. The van der Waals surface area contributed by atoms with Crippen LogP contribution >= 0.6 is 0 Å². The minimum atomic E-state index is 0.558. The van der Waals surface area contributed by atoms with Crippen molar-refractivity contribution < 1.29 is 0 Å². The third kappa shape index (κ3) is 1.90. The van der Waals surface area contributed by atoms with Crippen molar-refractivity contribution in [3.63, 3.8) is 0 Å². The molecule has 1 aliphatic heterocycles. The highest BCUT2D eigenvalue weighted by Crippen LogP contribution is 1.97. The highest BCUT2D eigenvalue weighted by atomic mass is 14.8. The SMILES string of the molecule is CC(=N)/C=C1/C=CC=CN1. The first-order valence-electron chi connectivity index (χ1n) is 3.15. The van der Waals surface area contributed by atoms with Gasteiger partial charge in [0, 0.05) is 17.6 Å². The first kappa shape index (κ1) is 6.81. The molecule has 52 valence electrons. The van der Waals surface area contributed by atoms with Gasteiger partial charge in [-0.25, -0.2) is 0 Å². The largest absolute Gasteiger partial charge is 0.362 e. The molecule has 0 unspecified atom stereocenters. The monoisotopic (exact) mass is 134 g/mol. The zero-order chi connectivity index (χ0) is 7.40. The molecular formula is C8H10N2. The van der Waals surface area contributed by atoms with Crippen LogP contribution in [0.5, 0.6) is 0 Å². The molecule has 0 aromatic heterocycles. The first-order valence-corrected chi connectivity index (χ1v) is 3.15. The third-order valence-electron chi connectivity index (χ3n) is 1.11. The van der Waals surface area contributed by atoms with Crippen LogP contribution in [-0.2, 0) is 0 Å². The van der Waals surface area contributed by atoms with Gasteiger partial charge in [0.2, 0.25) is 0 Å². The van der Waals surface area contributed by atoms with Gasteiger partial charge in [-0.05, 0) is 25.2 Å². The van der Waals surface area contributed by atoms with Crippen molar-refractivity contribution in [3.8, 4) is 0 Å². The molecule has 2 N–H and O–H groups in total. The van der Waals surface area contributed by atoms with Gasteiger partial charge in [0.05, 0.1) is 0 Å². The van der Waals surface area contributed by atoms with Crippen molar-refractivity contribution in [2.45, 2.75) is 6.92 Å². The Hall–Kier alpha value is -1.31. The fraction of sp³-hybridized carbons (Fsp3) is 0.125. The van der Waals surface area contributed by atoms with Crippen molar-refractivity contribution in [2.75, 3.05) is 0 Å². The van der Waals surface area contributed by atoms with Crippen LogP contribution < -0.4 is 5.32 Å². The van der Waals surface area contributed by atoms with Gasteiger partial charge < -0.3 is 10.7 Å². The summed E-state index contributed by atoms with van der Waals surface area (Å²) in [5.74, 6) is 0. The van der Waals surface area contributed by atoms with Crippen molar-refractivity contribution in [1.29, 1.82) is 5.41 Å². The van der Waals surface area contributed by atoms with Gasteiger partial charge in [-0.15, -0.1) is 0 Å². The van der Waals surface area contributed by atoms with Crippen LogP contribution in [0.4, 0.5) is 0 Å². The van der Waals surface area contributed by atoms with Crippen molar-refractivity contribution >= 4 is 5.71 Å². The summed E-state index contributed by atoms with van der Waals surface area (Å²) in [6.45, 7) is 1.75. The Balaban J connectivity index is 2.67. The van der Waals surface area contributed by atoms with Gasteiger partial charge in [-0.2, -0.15) is 0 Å². The number of rotatable bonds is 1. The molecule has 0 aromatic rings. The molecule has 0 aromatic carbocycles. The smallest absolute Gasteiger partial charge is 0.0397 e. The van der Waals surface area contributed by atoms with Crippen LogP contribution in [0.1, 0.15) is 6.92 Å². The Bertz CT molecular complexity index is 221. The summed E-state index contributed by atoms with van der Waals surface area (Å²) in [5, 5.41) is 10.2. The second kappa shape index (κ2) is 3.01. The number of hydrogen-bond acceptors (Lipinski definition) is 2. The molecule has 0 fully saturated rings. The Morgan fingerprint density at radius 3 is 2.90 bits per heavy atom. The molecule has 0 atom stereocenters. The van der Waals surface area contributed by atoms with Crippen molar-refractivity contribution in [2.24, 2.45) is 0 Å². The summed E-state index contributed by atoms with van der Waals surface area (Å²) in [6, 6.07) is 0. The van der Waals surface area contributed by atoms with E-state index in [-0.39, 0.29) is 0 Å². The summed E-state index contributed by atoms with van der Waals surface area (Å²) in [7, 11) is 0. The molecule has 0 bridgehead atoms. The fourth-order valence-electron chi connectivity index (χ4n) is 0.730. The van der Waals surface area contributed by atoms with E-state index < -0.39 is 0 Å². The maximum Gasteiger partial charge on any atom is 0.0397 e. The summed E-state index contributed by atoms with van der Waals surface area (Å²) in [4.78, 5) is 0. The van der Waals surface area contributed by atoms with E-state index in [9.17, 15) is 0 Å². The zero-order valence-corrected chi connectivity index (χ0v) is 5.89. The van der Waals surface area contributed by atoms with Gasteiger partial charge in [0.15, 0.2) is 0 Å². The van der Waals surface area contributed by atoms with Crippen LogP contribution in [0.15, 0.2) is 36.2 Å². The Labute approximate surface area is 60.5 Å². The lowest BCUT2D eigenvalue weighted by Crippen LogP contribution is -2.05. The Morgan fingerprint density at radius 2 is 2.40 bits per heavy atom. The third-order valence-corrected chi connectivity index (χ3v) is 1.11. The highest BCUT2D eigenvalue weighted by molar-refractivity contribution is 5.90. The molecular weight excluding hydrogens is 124 g/mol. The van der Waals surface area contributed by atoms with Crippen LogP contribution in [0.2, 0.25) is 0 Å². The van der Waals surface area contributed by atoms with Crippen molar-refractivity contribution in [3.05, 3.63) is 36.2 Å². The second-order valence-corrected chi connectivity index (χ2v) is 2.15. The normalized spacial score (nSPS) is 19.1. The standard InChI is InChI=1S/C8H10N2/c1-7(9)6-8-4-2-3-5-10-8/h2-6,9-10H,1H3/b8-6-,9-7?. The molecule has 1 aliphatic rings. The van der Waals surface area contributed by atoms with E-state index in [1.165, 1.54) is 0 Å². The van der Waals surface area contributed by atoms with E-state index >= 15 is 0 Å². The zero-order valence-electron chi connectivity index (χ0n) is 5.89. The number of dihydropyridines is 1. The van der Waals surface area contributed by atoms with Gasteiger partial charge >= 0.3 is 0 Å². The van der Waals surface area contributed by atoms with E-state index in [0.717, 1.165) is 5.70 Å². The van der Waals surface area contributed by atoms with E-state index in [0.29, 0.717) is 5.71 Å². The number of hydrogen-bond donors (Lipinski definition) is 2. The van der Waals surface area contributed by atoms with Crippen LogP contribution in [0.3, 0.4) is 0 Å². The lowest BCUT2D eigenvalue weighted by molar-refractivity contribution is 1.10. The quantitative estimate of drug-likeness (QED) is 0.525. The Kier molecular flexibility index (Phi) is 2.05. The summed E-state index contributed by atoms with van der Waals surface area (Å²) in [6.07, 6.45) is 9.40. The van der Waals surface area contributed by atoms with Crippen molar-refractivity contribution in [1.82, 2.24) is 5.32 Å². The predicted octanol–water partition coefficient (Wildman–Crippen LogP) is 1.58. The average molecular weight is 134 g/mol. The lowest BCUT2D eigenvalue weighted by Gasteiger charge is -2.03. The molecule has 0 saturated carbocycles. The highest BCUT2D eigenvalue weighted by Gasteiger charge is 1.90. The van der Waals surface area contributed by atoms with Crippen LogP contribution in [0.25, 0.3) is 0 Å². The maximum atomic E-state index is 7.16. The van der Waals surface area contributed by atoms with Gasteiger partial charge in [0.1, 0.15) is 0 Å². The summed E-state index contributed by atoms with van der Waals surface area (Å²) in [5.41, 5.74) is 1.53. The summed E-state index contributed by atoms with van der Waals surface area (Å²) >= 11 is 0. The van der Waals surface area contributed by atoms with E-state index in [4.69, 9.17) is 5.41 Å².